The van der Waals surface area contributed by atoms with Gasteiger partial charge in [0.15, 0.2) is 5.96 Å². The third-order valence-corrected chi connectivity index (χ3v) is 4.12. The SMILES string of the molecule is NC(N)=Nc1nc(CC(=O)Nc2c(Cl)cc(C(F)(F)F)cc2Cl)cs1. The number of benzene rings is 1. The molecule has 2 aromatic rings. The van der Waals surface area contributed by atoms with E-state index in [1.54, 1.807) is 5.38 Å². The number of nitrogens with one attached hydrogen (secondary N) is 1. The quantitative estimate of drug-likeness (QED) is 0.527. The highest BCUT2D eigenvalue weighted by atomic mass is 35.5. The molecular formula is C13H10Cl2F3N5OS. The molecule has 0 spiro atoms. The third kappa shape index (κ3) is 5.21. The zero-order valence-electron chi connectivity index (χ0n) is 12.2. The fourth-order valence-corrected chi connectivity index (χ4v) is 3.03. The number of aliphatic imine (C=N–C) groups is 1. The topological polar surface area (TPSA) is 106 Å². The Morgan fingerprint density at radius 3 is 2.40 bits per heavy atom. The smallest absolute Gasteiger partial charge is 0.370 e. The average molecular weight is 412 g/mol. The number of hydrogen-bond donors (Lipinski definition) is 3. The molecule has 0 atom stereocenters. The van der Waals surface area contributed by atoms with E-state index in [0.717, 1.165) is 11.3 Å². The van der Waals surface area contributed by atoms with Crippen LogP contribution < -0.4 is 16.8 Å². The van der Waals surface area contributed by atoms with E-state index in [4.69, 9.17) is 34.7 Å². The van der Waals surface area contributed by atoms with E-state index in [0.29, 0.717) is 17.8 Å². The van der Waals surface area contributed by atoms with Gasteiger partial charge in [0.25, 0.3) is 0 Å². The predicted molar refractivity (Wildman–Crippen MR) is 91.4 cm³/mol. The van der Waals surface area contributed by atoms with Crippen molar-refractivity contribution in [3.63, 3.8) is 0 Å². The number of aromatic nitrogens is 1. The summed E-state index contributed by atoms with van der Waals surface area (Å²) in [4.78, 5) is 19.8. The van der Waals surface area contributed by atoms with Crippen LogP contribution in [-0.4, -0.2) is 16.9 Å². The third-order valence-electron chi connectivity index (χ3n) is 2.74. The van der Waals surface area contributed by atoms with Crippen LogP contribution in [0.2, 0.25) is 10.0 Å². The number of anilines is 1. The predicted octanol–water partition coefficient (Wildman–Crippen LogP) is 3.55. The molecule has 0 saturated heterocycles. The molecule has 0 unspecified atom stereocenters. The van der Waals surface area contributed by atoms with E-state index in [-0.39, 0.29) is 33.2 Å². The van der Waals surface area contributed by atoms with Crippen LogP contribution in [0.25, 0.3) is 0 Å². The van der Waals surface area contributed by atoms with Crippen LogP contribution in [0.1, 0.15) is 11.3 Å². The lowest BCUT2D eigenvalue weighted by Crippen LogP contribution is -2.21. The summed E-state index contributed by atoms with van der Waals surface area (Å²) in [6, 6.07) is 1.37. The van der Waals surface area contributed by atoms with E-state index in [9.17, 15) is 18.0 Å². The molecule has 0 bridgehead atoms. The van der Waals surface area contributed by atoms with Crippen LogP contribution in [0, 0.1) is 0 Å². The van der Waals surface area contributed by atoms with Gasteiger partial charge in [-0.3, -0.25) is 4.79 Å². The van der Waals surface area contributed by atoms with E-state index in [1.807, 2.05) is 0 Å². The maximum absolute atomic E-state index is 12.7. The number of hydrogen-bond acceptors (Lipinski definition) is 4. The van der Waals surface area contributed by atoms with Gasteiger partial charge in [-0.15, -0.1) is 11.3 Å². The maximum atomic E-state index is 12.7. The summed E-state index contributed by atoms with van der Waals surface area (Å²) >= 11 is 12.7. The van der Waals surface area contributed by atoms with Gasteiger partial charge in [-0.1, -0.05) is 23.2 Å². The van der Waals surface area contributed by atoms with Crippen molar-refractivity contribution in [3.8, 4) is 0 Å². The fourth-order valence-electron chi connectivity index (χ4n) is 1.74. The van der Waals surface area contributed by atoms with Crippen LogP contribution in [0.15, 0.2) is 22.5 Å². The van der Waals surface area contributed by atoms with Crippen molar-refractivity contribution in [2.45, 2.75) is 12.6 Å². The highest BCUT2D eigenvalue weighted by molar-refractivity contribution is 7.13. The number of thiazole rings is 1. The zero-order chi connectivity index (χ0) is 18.8. The summed E-state index contributed by atoms with van der Waals surface area (Å²) in [5.74, 6) is -0.737. The minimum absolute atomic E-state index is 0.110. The number of guanidine groups is 1. The Balaban J connectivity index is 2.13. The van der Waals surface area contributed by atoms with Crippen LogP contribution in [0.4, 0.5) is 24.0 Å². The second-order valence-electron chi connectivity index (χ2n) is 4.70. The van der Waals surface area contributed by atoms with E-state index >= 15 is 0 Å². The molecule has 0 fully saturated rings. The Morgan fingerprint density at radius 1 is 1.28 bits per heavy atom. The van der Waals surface area contributed by atoms with Gasteiger partial charge >= 0.3 is 6.18 Å². The normalized spacial score (nSPS) is 11.2. The second-order valence-corrected chi connectivity index (χ2v) is 6.35. The summed E-state index contributed by atoms with van der Waals surface area (Å²) < 4.78 is 38.0. The van der Waals surface area contributed by atoms with E-state index in [1.165, 1.54) is 0 Å². The Bertz CT molecular complexity index is 810. The molecule has 5 N–H and O–H groups in total. The maximum Gasteiger partial charge on any atom is 0.416 e. The number of carbonyl (C=O) groups excluding carboxylic acids is 1. The van der Waals surface area contributed by atoms with Gasteiger partial charge in [0.05, 0.1) is 33.4 Å². The lowest BCUT2D eigenvalue weighted by molar-refractivity contribution is -0.137. The lowest BCUT2D eigenvalue weighted by atomic mass is 10.2. The van der Waals surface area contributed by atoms with Gasteiger partial charge in [0.2, 0.25) is 11.0 Å². The molecule has 0 aliphatic heterocycles. The van der Waals surface area contributed by atoms with Crippen molar-refractivity contribution in [3.05, 3.63) is 38.8 Å². The molecule has 6 nitrogen and oxygen atoms in total. The molecule has 134 valence electrons. The Kier molecular flexibility index (Phi) is 5.76. The zero-order valence-corrected chi connectivity index (χ0v) is 14.5. The van der Waals surface area contributed by atoms with Crippen molar-refractivity contribution in [1.82, 2.24) is 4.98 Å². The number of carbonyl (C=O) groups is 1. The first kappa shape index (κ1) is 19.3. The first-order chi connectivity index (χ1) is 11.6. The first-order valence-corrected chi connectivity index (χ1v) is 8.10. The van der Waals surface area contributed by atoms with Crippen LogP contribution in [0.5, 0.6) is 0 Å². The minimum atomic E-state index is -4.60. The first-order valence-electron chi connectivity index (χ1n) is 6.46. The number of nitrogens with zero attached hydrogens (tertiary/aromatic N) is 2. The summed E-state index contributed by atoms with van der Waals surface area (Å²) in [6.07, 6.45) is -4.76. The van der Waals surface area contributed by atoms with E-state index < -0.39 is 17.6 Å². The van der Waals surface area contributed by atoms with Gasteiger partial charge in [0.1, 0.15) is 0 Å². The van der Waals surface area contributed by atoms with Gasteiger partial charge in [-0.05, 0) is 12.1 Å². The van der Waals surface area contributed by atoms with Crippen molar-refractivity contribution < 1.29 is 18.0 Å². The summed E-state index contributed by atoms with van der Waals surface area (Å²) in [5, 5.41) is 3.55. The summed E-state index contributed by atoms with van der Waals surface area (Å²) in [7, 11) is 0. The molecule has 0 aliphatic rings. The molecule has 25 heavy (non-hydrogen) atoms. The van der Waals surface area contributed by atoms with Crippen LogP contribution >= 0.6 is 34.5 Å². The highest BCUT2D eigenvalue weighted by Gasteiger charge is 2.32. The monoisotopic (exact) mass is 411 g/mol. The molecular weight excluding hydrogens is 402 g/mol. The molecule has 1 amide bonds. The largest absolute Gasteiger partial charge is 0.416 e. The van der Waals surface area contributed by atoms with Crippen molar-refractivity contribution >= 4 is 57.2 Å². The van der Waals surface area contributed by atoms with Crippen molar-refractivity contribution in [2.24, 2.45) is 16.5 Å². The number of amides is 1. The molecule has 0 aliphatic carbocycles. The Hall–Kier alpha value is -2.04. The molecule has 1 aromatic heterocycles. The van der Waals surface area contributed by atoms with Crippen molar-refractivity contribution in [2.75, 3.05) is 5.32 Å². The van der Waals surface area contributed by atoms with Crippen LogP contribution in [0.3, 0.4) is 0 Å². The summed E-state index contributed by atoms with van der Waals surface area (Å²) in [6.45, 7) is 0. The molecule has 2 rings (SSSR count). The van der Waals surface area contributed by atoms with Gasteiger partial charge in [-0.2, -0.15) is 18.2 Å². The number of rotatable bonds is 4. The number of alkyl halides is 3. The standard InChI is InChI=1S/C13H10Cl2F3N5OS/c14-7-1-5(13(16,17)18)2-8(15)10(7)22-9(24)3-6-4-25-12(21-6)23-11(19)20/h1-2,4H,3H2,(H,22,24)(H4,19,20,21,23). The molecule has 1 heterocycles. The van der Waals surface area contributed by atoms with Crippen molar-refractivity contribution in [1.29, 1.82) is 0 Å². The Morgan fingerprint density at radius 2 is 1.88 bits per heavy atom. The number of halogens is 5. The van der Waals surface area contributed by atoms with Gasteiger partial charge < -0.3 is 16.8 Å². The molecule has 0 radical (unpaired) electrons. The molecule has 0 saturated carbocycles. The van der Waals surface area contributed by atoms with E-state index in [2.05, 4.69) is 15.3 Å². The second kappa shape index (κ2) is 7.46. The highest BCUT2D eigenvalue weighted by Crippen LogP contribution is 2.38. The molecule has 12 heteroatoms. The van der Waals surface area contributed by atoms with Crippen LogP contribution in [-0.2, 0) is 17.4 Å². The Labute approximate surface area is 153 Å². The van der Waals surface area contributed by atoms with Gasteiger partial charge in [0, 0.05) is 5.38 Å². The summed E-state index contributed by atoms with van der Waals surface area (Å²) in [5.41, 5.74) is 9.69. The molecule has 1 aromatic carbocycles. The lowest BCUT2D eigenvalue weighted by Gasteiger charge is -2.13. The minimum Gasteiger partial charge on any atom is -0.370 e. The fraction of sp³-hybridized carbons (Fsp3) is 0.154. The average Bonchev–Trinajstić information content (AvgIpc) is 2.87. The van der Waals surface area contributed by atoms with Gasteiger partial charge in [-0.25, -0.2) is 4.98 Å². The number of nitrogens with two attached hydrogens (primary N) is 2.